The molecule has 2 heterocycles. The van der Waals surface area contributed by atoms with Crippen molar-refractivity contribution in [3.8, 4) is 22.3 Å². The maximum absolute atomic E-state index is 2.59. The average Bonchev–Trinajstić information content (AvgIpc) is 3.52. The third-order valence-electron chi connectivity index (χ3n) is 11.2. The molecule has 0 radical (unpaired) electrons. The summed E-state index contributed by atoms with van der Waals surface area (Å²) in [7, 11) is -1.49. The second kappa shape index (κ2) is 9.54. The third-order valence-corrected chi connectivity index (χ3v) is 15.4. The van der Waals surface area contributed by atoms with E-state index in [1.807, 2.05) is 0 Å². The number of allylic oxidation sites excluding steroid dienone is 3. The van der Waals surface area contributed by atoms with Gasteiger partial charge in [0, 0.05) is 11.5 Å². The van der Waals surface area contributed by atoms with Crippen molar-refractivity contribution in [2.75, 3.05) is 0 Å². The molecule has 0 fully saturated rings. The fourth-order valence-corrected chi connectivity index (χ4v) is 13.3. The van der Waals surface area contributed by atoms with Gasteiger partial charge in [-0.15, -0.1) is 0 Å². The van der Waals surface area contributed by atoms with Gasteiger partial charge in [0.2, 0.25) is 0 Å². The van der Waals surface area contributed by atoms with E-state index >= 15 is 0 Å². The smallest absolute Gasteiger partial charge is 0.0682 e. The molecule has 1 heteroatoms. The molecule has 0 saturated carbocycles. The van der Waals surface area contributed by atoms with E-state index in [-0.39, 0.29) is 16.7 Å². The van der Waals surface area contributed by atoms with Crippen molar-refractivity contribution in [2.45, 2.75) is 97.7 Å². The number of rotatable bonds is 3. The summed E-state index contributed by atoms with van der Waals surface area (Å²) in [4.78, 5) is 0. The van der Waals surface area contributed by atoms with Crippen molar-refractivity contribution >= 4 is 18.8 Å². The van der Waals surface area contributed by atoms with E-state index < -0.39 is 8.07 Å². The van der Waals surface area contributed by atoms with Crippen LogP contribution in [0.1, 0.15) is 113 Å². The molecule has 0 nitrogen and oxygen atoms in total. The van der Waals surface area contributed by atoms with Crippen molar-refractivity contribution < 1.29 is 0 Å². The third kappa shape index (κ3) is 4.08. The van der Waals surface area contributed by atoms with Crippen LogP contribution in [0.15, 0.2) is 90.0 Å². The van der Waals surface area contributed by atoms with Gasteiger partial charge >= 0.3 is 0 Å². The molecular weight excluding hydrogens is 545 g/mol. The van der Waals surface area contributed by atoms with Crippen LogP contribution >= 0.6 is 0 Å². The van der Waals surface area contributed by atoms with Crippen molar-refractivity contribution in [3.05, 3.63) is 129 Å². The van der Waals surface area contributed by atoms with Gasteiger partial charge in [0.25, 0.3) is 0 Å². The zero-order valence-electron chi connectivity index (χ0n) is 28.7. The molecule has 0 saturated heterocycles. The van der Waals surface area contributed by atoms with E-state index in [4.69, 9.17) is 0 Å². The van der Waals surface area contributed by atoms with Gasteiger partial charge in [-0.1, -0.05) is 150 Å². The summed E-state index contributed by atoms with van der Waals surface area (Å²) in [6, 6.07) is 30.9. The van der Waals surface area contributed by atoms with E-state index in [1.165, 1.54) is 61.2 Å². The van der Waals surface area contributed by atoms with Gasteiger partial charge in [-0.05, 0) is 98.4 Å². The van der Waals surface area contributed by atoms with Crippen molar-refractivity contribution in [1.82, 2.24) is 0 Å². The highest BCUT2D eigenvalue weighted by molar-refractivity contribution is 7.01. The summed E-state index contributed by atoms with van der Waals surface area (Å²) in [5.41, 5.74) is 21.3. The Balaban J connectivity index is 1.43. The highest BCUT2D eigenvalue weighted by Gasteiger charge is 2.56. The summed E-state index contributed by atoms with van der Waals surface area (Å²) in [6.07, 6.45) is 0. The molecule has 8 rings (SSSR count). The molecule has 2 atom stereocenters. The maximum Gasteiger partial charge on any atom is 0.0930 e. The lowest BCUT2D eigenvalue weighted by molar-refractivity contribution is 0.590. The minimum atomic E-state index is -1.49. The molecule has 2 aliphatic heterocycles. The molecule has 44 heavy (non-hydrogen) atoms. The number of benzene rings is 4. The van der Waals surface area contributed by atoms with Crippen LogP contribution in [-0.4, -0.2) is 8.07 Å². The van der Waals surface area contributed by atoms with Gasteiger partial charge < -0.3 is 0 Å². The van der Waals surface area contributed by atoms with Crippen LogP contribution in [0.5, 0.6) is 0 Å². The average molecular weight is 593 g/mol. The van der Waals surface area contributed by atoms with E-state index in [0.29, 0.717) is 5.54 Å². The lowest BCUT2D eigenvalue weighted by Gasteiger charge is -2.39. The highest BCUT2D eigenvalue weighted by atomic mass is 28.3. The first-order valence-electron chi connectivity index (χ1n) is 16.5. The molecule has 0 spiro atoms. The van der Waals surface area contributed by atoms with Crippen molar-refractivity contribution in [2.24, 2.45) is 0 Å². The van der Waals surface area contributed by atoms with Crippen LogP contribution in [0.25, 0.3) is 33.0 Å². The predicted octanol–water partition coefficient (Wildman–Crippen LogP) is 12.2. The van der Waals surface area contributed by atoms with Crippen molar-refractivity contribution in [3.63, 3.8) is 0 Å². The largest absolute Gasteiger partial charge is 0.0930 e. The first kappa shape index (κ1) is 29.3. The second-order valence-corrected chi connectivity index (χ2v) is 20.9. The van der Waals surface area contributed by atoms with Gasteiger partial charge in [-0.2, -0.15) is 0 Å². The number of hydrogen-bond donors (Lipinski definition) is 0. The van der Waals surface area contributed by atoms with Crippen LogP contribution in [0.3, 0.4) is 0 Å². The SMILES string of the molecule is CC1=C(C)C(c2ccc3c(c2-c2ccc(C(C)(C)C)cc2)C2=C(C)C3[Si]2(C)C)c2cccc(-c3ccc(C(C)(C)C)cc3)c21. The van der Waals surface area contributed by atoms with Crippen LogP contribution in [0, 0.1) is 0 Å². The topological polar surface area (TPSA) is 0 Å². The minimum absolute atomic E-state index is 0.137. The molecule has 0 aromatic heterocycles. The van der Waals surface area contributed by atoms with Gasteiger partial charge in [-0.3, -0.25) is 0 Å². The number of hydrogen-bond acceptors (Lipinski definition) is 0. The maximum atomic E-state index is 2.59. The lowest BCUT2D eigenvalue weighted by Crippen LogP contribution is -2.41. The number of fused-ring (bicyclic) bond motifs is 1. The Morgan fingerprint density at radius 2 is 1.05 bits per heavy atom. The summed E-state index contributed by atoms with van der Waals surface area (Å²) in [6.45, 7) is 26.1. The molecule has 224 valence electrons. The Labute approximate surface area is 267 Å². The zero-order chi connectivity index (χ0) is 31.5. The molecule has 2 aliphatic carbocycles. The first-order valence-corrected chi connectivity index (χ1v) is 19.6. The molecule has 2 unspecified atom stereocenters. The van der Waals surface area contributed by atoms with E-state index in [2.05, 4.69) is 154 Å². The Kier molecular flexibility index (Phi) is 6.35. The van der Waals surface area contributed by atoms with Gasteiger partial charge in [0.15, 0.2) is 0 Å². The van der Waals surface area contributed by atoms with E-state index in [1.54, 1.807) is 21.9 Å². The Hall–Kier alpha value is -3.42. The monoisotopic (exact) mass is 592 g/mol. The quantitative estimate of drug-likeness (QED) is 0.208. The second-order valence-electron chi connectivity index (χ2n) is 16.4. The molecule has 0 amide bonds. The van der Waals surface area contributed by atoms with Gasteiger partial charge in [0.1, 0.15) is 0 Å². The molecule has 0 N–H and O–H groups in total. The standard InChI is InChI=1S/C43H48Si/c1-25-26(2)37(33-14-12-13-32(36(25)33)28-15-19-30(20-16-28)42(4,5)6)34-23-24-35-39(41-27(3)40(35)44(41,10)11)38(34)29-17-21-31(22-18-29)43(7,8)9/h12-24,37,40H,1-11H3. The molecule has 4 aliphatic rings. The van der Waals surface area contributed by atoms with Crippen LogP contribution in [0.4, 0.5) is 0 Å². The van der Waals surface area contributed by atoms with Gasteiger partial charge in [0.05, 0.1) is 8.07 Å². The van der Waals surface area contributed by atoms with Crippen LogP contribution in [-0.2, 0) is 10.8 Å². The molecule has 4 aromatic rings. The Morgan fingerprint density at radius 3 is 1.59 bits per heavy atom. The Morgan fingerprint density at radius 1 is 0.523 bits per heavy atom. The van der Waals surface area contributed by atoms with Crippen LogP contribution in [0.2, 0.25) is 13.1 Å². The van der Waals surface area contributed by atoms with Crippen molar-refractivity contribution in [1.29, 1.82) is 0 Å². The lowest BCUT2D eigenvalue weighted by atomic mass is 9.80. The van der Waals surface area contributed by atoms with Gasteiger partial charge in [-0.25, -0.2) is 0 Å². The van der Waals surface area contributed by atoms with E-state index in [9.17, 15) is 0 Å². The summed E-state index contributed by atoms with van der Waals surface area (Å²) < 4.78 is 0. The Bertz CT molecular complexity index is 1890. The summed E-state index contributed by atoms with van der Waals surface area (Å²) >= 11 is 0. The summed E-state index contributed by atoms with van der Waals surface area (Å²) in [5.74, 6) is 0.255. The summed E-state index contributed by atoms with van der Waals surface area (Å²) in [5, 5.41) is 1.72. The molecule has 2 bridgehead atoms. The fraction of sp³-hybridized carbons (Fsp3) is 0.349. The molecule has 4 aromatic carbocycles. The highest BCUT2D eigenvalue weighted by Crippen LogP contribution is 2.65. The zero-order valence-corrected chi connectivity index (χ0v) is 29.7. The first-order chi connectivity index (χ1) is 20.6. The predicted molar refractivity (Wildman–Crippen MR) is 194 cm³/mol. The van der Waals surface area contributed by atoms with E-state index in [0.717, 1.165) is 0 Å². The normalized spacial score (nSPS) is 20.2. The molecular formula is C43H48Si. The fourth-order valence-electron chi connectivity index (χ4n) is 8.90. The minimum Gasteiger partial charge on any atom is -0.0682 e. The van der Waals surface area contributed by atoms with Crippen LogP contribution < -0.4 is 0 Å².